The maximum Gasteiger partial charge on any atom is 0.271 e. The Labute approximate surface area is 110 Å². The molecule has 0 aliphatic rings. The van der Waals surface area contributed by atoms with Crippen molar-refractivity contribution in [1.29, 1.82) is 0 Å². The SMILES string of the molecule is Cc1ccc(C(C)Nc2ccc([N+](=O)[O-])cc2N)o1. The number of hydrogen-bond donors (Lipinski definition) is 2. The summed E-state index contributed by atoms with van der Waals surface area (Å²) in [6, 6.07) is 8.04. The summed E-state index contributed by atoms with van der Waals surface area (Å²) in [6.07, 6.45) is 0. The normalized spacial score (nSPS) is 12.1. The molecule has 0 fully saturated rings. The summed E-state index contributed by atoms with van der Waals surface area (Å²) >= 11 is 0. The van der Waals surface area contributed by atoms with E-state index in [-0.39, 0.29) is 11.7 Å². The highest BCUT2D eigenvalue weighted by molar-refractivity contribution is 5.69. The Bertz CT molecular complexity index is 607. The third-order valence-corrected chi connectivity index (χ3v) is 2.81. The van der Waals surface area contributed by atoms with Gasteiger partial charge in [0.15, 0.2) is 0 Å². The van der Waals surface area contributed by atoms with Crippen molar-refractivity contribution in [3.05, 3.63) is 52.0 Å². The molecule has 0 saturated heterocycles. The van der Waals surface area contributed by atoms with Crippen LogP contribution in [-0.4, -0.2) is 4.92 Å². The minimum absolute atomic E-state index is 0.0236. The molecule has 0 spiro atoms. The molecule has 1 aromatic carbocycles. The summed E-state index contributed by atoms with van der Waals surface area (Å²) < 4.78 is 5.51. The van der Waals surface area contributed by atoms with Gasteiger partial charge in [0.2, 0.25) is 0 Å². The molecule has 19 heavy (non-hydrogen) atoms. The number of nitrogens with one attached hydrogen (secondary N) is 1. The largest absolute Gasteiger partial charge is 0.464 e. The van der Waals surface area contributed by atoms with Crippen LogP contribution in [0.25, 0.3) is 0 Å². The Hall–Kier alpha value is -2.50. The van der Waals surface area contributed by atoms with Gasteiger partial charge in [-0.05, 0) is 32.0 Å². The fraction of sp³-hybridized carbons (Fsp3) is 0.231. The molecule has 2 aromatic rings. The molecule has 2 rings (SSSR count). The summed E-state index contributed by atoms with van der Waals surface area (Å²) in [6.45, 7) is 3.80. The average Bonchev–Trinajstić information content (AvgIpc) is 2.78. The predicted molar refractivity (Wildman–Crippen MR) is 73.0 cm³/mol. The molecule has 0 saturated carbocycles. The molecule has 1 heterocycles. The third kappa shape index (κ3) is 2.85. The number of aryl methyl sites for hydroxylation is 1. The van der Waals surface area contributed by atoms with Crippen molar-refractivity contribution in [2.75, 3.05) is 11.1 Å². The van der Waals surface area contributed by atoms with E-state index >= 15 is 0 Å². The number of nitrogens with two attached hydrogens (primary N) is 1. The molecule has 0 aliphatic heterocycles. The number of nitrogens with zero attached hydrogens (tertiary/aromatic N) is 1. The minimum Gasteiger partial charge on any atom is -0.464 e. The quantitative estimate of drug-likeness (QED) is 0.500. The summed E-state index contributed by atoms with van der Waals surface area (Å²) in [7, 11) is 0. The van der Waals surface area contributed by atoms with Gasteiger partial charge in [-0.3, -0.25) is 10.1 Å². The summed E-state index contributed by atoms with van der Waals surface area (Å²) in [5.74, 6) is 1.62. The van der Waals surface area contributed by atoms with Crippen LogP contribution < -0.4 is 11.1 Å². The molecule has 6 nitrogen and oxygen atoms in total. The third-order valence-electron chi connectivity index (χ3n) is 2.81. The Kier molecular flexibility index (Phi) is 3.41. The molecule has 3 N–H and O–H groups in total. The highest BCUT2D eigenvalue weighted by Gasteiger charge is 2.13. The number of hydrogen-bond acceptors (Lipinski definition) is 5. The maximum atomic E-state index is 10.6. The van der Waals surface area contributed by atoms with Gasteiger partial charge in [-0.15, -0.1) is 0 Å². The van der Waals surface area contributed by atoms with Crippen LogP contribution in [0.15, 0.2) is 34.7 Å². The van der Waals surface area contributed by atoms with Crippen molar-refractivity contribution in [1.82, 2.24) is 0 Å². The van der Waals surface area contributed by atoms with Gasteiger partial charge in [-0.1, -0.05) is 0 Å². The summed E-state index contributed by atoms with van der Waals surface area (Å²) in [5, 5.41) is 13.8. The number of nitro groups is 1. The van der Waals surface area contributed by atoms with Crippen LogP contribution in [0.4, 0.5) is 17.1 Å². The molecule has 1 atom stereocenters. The van der Waals surface area contributed by atoms with E-state index in [1.165, 1.54) is 12.1 Å². The highest BCUT2D eigenvalue weighted by atomic mass is 16.6. The minimum atomic E-state index is -0.473. The van der Waals surface area contributed by atoms with Gasteiger partial charge in [0.25, 0.3) is 5.69 Å². The smallest absolute Gasteiger partial charge is 0.271 e. The van der Waals surface area contributed by atoms with Gasteiger partial charge in [0.1, 0.15) is 11.5 Å². The number of rotatable bonds is 4. The molecule has 0 bridgehead atoms. The van der Waals surface area contributed by atoms with E-state index in [0.29, 0.717) is 11.4 Å². The first kappa shape index (κ1) is 12.9. The zero-order valence-electron chi connectivity index (χ0n) is 10.7. The fourth-order valence-corrected chi connectivity index (χ4v) is 1.79. The van der Waals surface area contributed by atoms with E-state index in [9.17, 15) is 10.1 Å². The predicted octanol–water partition coefficient (Wildman–Crippen LogP) is 3.25. The van der Waals surface area contributed by atoms with E-state index in [1.807, 2.05) is 26.0 Å². The number of furan rings is 1. The number of nitrogen functional groups attached to an aromatic ring is 1. The van der Waals surface area contributed by atoms with Crippen molar-refractivity contribution in [3.8, 4) is 0 Å². The van der Waals surface area contributed by atoms with Crippen molar-refractivity contribution in [2.45, 2.75) is 19.9 Å². The van der Waals surface area contributed by atoms with Crippen LogP contribution in [0.1, 0.15) is 24.5 Å². The Morgan fingerprint density at radius 2 is 2.11 bits per heavy atom. The monoisotopic (exact) mass is 261 g/mol. The molecular formula is C13H15N3O3. The first-order valence-corrected chi connectivity index (χ1v) is 5.84. The van der Waals surface area contributed by atoms with E-state index < -0.39 is 4.92 Å². The van der Waals surface area contributed by atoms with Crippen molar-refractivity contribution >= 4 is 17.1 Å². The summed E-state index contributed by atoms with van der Waals surface area (Å²) in [5.41, 5.74) is 6.75. The second kappa shape index (κ2) is 5.01. The van der Waals surface area contributed by atoms with Crippen LogP contribution >= 0.6 is 0 Å². The molecule has 0 aliphatic carbocycles. The van der Waals surface area contributed by atoms with Crippen LogP contribution in [0.5, 0.6) is 0 Å². The van der Waals surface area contributed by atoms with E-state index in [0.717, 1.165) is 11.5 Å². The zero-order chi connectivity index (χ0) is 14.0. The lowest BCUT2D eigenvalue weighted by molar-refractivity contribution is -0.384. The van der Waals surface area contributed by atoms with E-state index in [4.69, 9.17) is 10.2 Å². The second-order valence-electron chi connectivity index (χ2n) is 4.34. The first-order valence-electron chi connectivity index (χ1n) is 5.84. The van der Waals surface area contributed by atoms with Crippen molar-refractivity contribution in [2.24, 2.45) is 0 Å². The number of anilines is 2. The average molecular weight is 261 g/mol. The molecular weight excluding hydrogens is 246 g/mol. The number of benzene rings is 1. The highest BCUT2D eigenvalue weighted by Crippen LogP contribution is 2.28. The van der Waals surface area contributed by atoms with Crippen molar-refractivity contribution in [3.63, 3.8) is 0 Å². The van der Waals surface area contributed by atoms with Crippen LogP contribution in [0.3, 0.4) is 0 Å². The van der Waals surface area contributed by atoms with Gasteiger partial charge in [-0.2, -0.15) is 0 Å². The summed E-state index contributed by atoms with van der Waals surface area (Å²) in [4.78, 5) is 10.2. The molecule has 6 heteroatoms. The van der Waals surface area contributed by atoms with E-state index in [1.54, 1.807) is 6.07 Å². The number of nitro benzene ring substituents is 1. The molecule has 1 unspecified atom stereocenters. The molecule has 1 aromatic heterocycles. The maximum absolute atomic E-state index is 10.6. The van der Waals surface area contributed by atoms with Gasteiger partial charge in [0.05, 0.1) is 22.3 Å². The lowest BCUT2D eigenvalue weighted by atomic mass is 10.2. The lowest BCUT2D eigenvalue weighted by Crippen LogP contribution is -2.07. The molecule has 0 amide bonds. The van der Waals surface area contributed by atoms with Crippen LogP contribution in [-0.2, 0) is 0 Å². The standard InChI is InChI=1S/C13H15N3O3/c1-8-3-6-13(19-8)9(2)15-12-5-4-10(16(17)18)7-11(12)14/h3-7,9,15H,14H2,1-2H3. The Balaban J connectivity index is 2.17. The van der Waals surface area contributed by atoms with E-state index in [2.05, 4.69) is 5.32 Å². The fourth-order valence-electron chi connectivity index (χ4n) is 1.79. The van der Waals surface area contributed by atoms with Gasteiger partial charge < -0.3 is 15.5 Å². The number of non-ortho nitro benzene ring substituents is 1. The van der Waals surface area contributed by atoms with Gasteiger partial charge in [0, 0.05) is 12.1 Å². The van der Waals surface area contributed by atoms with Gasteiger partial charge >= 0.3 is 0 Å². The lowest BCUT2D eigenvalue weighted by Gasteiger charge is -2.14. The molecule has 0 radical (unpaired) electrons. The molecule has 100 valence electrons. The van der Waals surface area contributed by atoms with Crippen LogP contribution in [0.2, 0.25) is 0 Å². The zero-order valence-corrected chi connectivity index (χ0v) is 10.7. The van der Waals surface area contributed by atoms with Gasteiger partial charge in [-0.25, -0.2) is 0 Å². The topological polar surface area (TPSA) is 94.3 Å². The van der Waals surface area contributed by atoms with Crippen molar-refractivity contribution < 1.29 is 9.34 Å². The second-order valence-corrected chi connectivity index (χ2v) is 4.34. The Morgan fingerprint density at radius 3 is 2.63 bits per heavy atom. The first-order chi connectivity index (χ1) is 8.97. The Morgan fingerprint density at radius 1 is 1.37 bits per heavy atom. The van der Waals surface area contributed by atoms with Crippen LogP contribution in [0, 0.1) is 17.0 Å².